The monoisotopic (exact) mass is 342 g/mol. The normalized spacial score (nSPS) is 18.5. The summed E-state index contributed by atoms with van der Waals surface area (Å²) in [4.78, 5) is 35.0. The van der Waals surface area contributed by atoms with Gasteiger partial charge in [0.15, 0.2) is 0 Å². The second kappa shape index (κ2) is 9.95. The van der Waals surface area contributed by atoms with E-state index in [4.69, 9.17) is 9.47 Å². The van der Waals surface area contributed by atoms with Crippen molar-refractivity contribution < 1.29 is 23.9 Å². The summed E-state index contributed by atoms with van der Waals surface area (Å²) in [7, 11) is 0. The maximum Gasteiger partial charge on any atom is 0.408 e. The van der Waals surface area contributed by atoms with Gasteiger partial charge in [0, 0.05) is 18.5 Å². The molecule has 0 unspecified atom stereocenters. The van der Waals surface area contributed by atoms with Crippen LogP contribution in [-0.2, 0) is 19.1 Å². The van der Waals surface area contributed by atoms with Crippen LogP contribution in [0.1, 0.15) is 48.0 Å². The van der Waals surface area contributed by atoms with Crippen LogP contribution >= 0.6 is 0 Å². The number of hydrogen-bond acceptors (Lipinski definition) is 5. The fourth-order valence-corrected chi connectivity index (χ4v) is 2.21. The van der Waals surface area contributed by atoms with E-state index in [2.05, 4.69) is 10.6 Å². The molecule has 1 fully saturated rings. The van der Waals surface area contributed by atoms with Crippen LogP contribution in [-0.4, -0.2) is 42.8 Å². The highest BCUT2D eigenvalue weighted by atomic mass is 16.6. The lowest BCUT2D eigenvalue weighted by atomic mass is 9.98. The van der Waals surface area contributed by atoms with Gasteiger partial charge in [0.25, 0.3) is 0 Å². The Labute approximate surface area is 144 Å². The van der Waals surface area contributed by atoms with Crippen molar-refractivity contribution in [3.05, 3.63) is 12.2 Å². The van der Waals surface area contributed by atoms with E-state index in [-0.39, 0.29) is 25.9 Å². The molecule has 24 heavy (non-hydrogen) atoms. The van der Waals surface area contributed by atoms with Crippen molar-refractivity contribution >= 4 is 18.0 Å². The summed E-state index contributed by atoms with van der Waals surface area (Å²) >= 11 is 0. The number of hydrogen-bond donors (Lipinski definition) is 2. The predicted molar refractivity (Wildman–Crippen MR) is 91.4 cm³/mol. The van der Waals surface area contributed by atoms with E-state index in [1.54, 1.807) is 27.7 Å². The summed E-state index contributed by atoms with van der Waals surface area (Å²) in [6, 6.07) is -0.483. The number of carbonyl (C=O) groups excluding carboxylic acids is 3. The molecule has 1 heterocycles. The average molecular weight is 342 g/mol. The first kappa shape index (κ1) is 21.9. The third-order valence-corrected chi connectivity index (χ3v) is 3.15. The summed E-state index contributed by atoms with van der Waals surface area (Å²) < 4.78 is 10.0. The molecule has 0 aromatic heterocycles. The third kappa shape index (κ3) is 8.55. The first-order chi connectivity index (χ1) is 10.7. The van der Waals surface area contributed by atoms with Crippen LogP contribution in [0.25, 0.3) is 0 Å². The molecule has 0 spiro atoms. The first-order valence-electron chi connectivity index (χ1n) is 7.83. The number of nitrogens with one attached hydrogen (secondary N) is 2. The van der Waals surface area contributed by atoms with E-state index >= 15 is 0 Å². The molecular weight excluding hydrogens is 312 g/mol. The van der Waals surface area contributed by atoms with E-state index in [1.165, 1.54) is 12.2 Å². The maximum atomic E-state index is 11.9. The number of rotatable bonds is 6. The Morgan fingerprint density at radius 1 is 1.42 bits per heavy atom. The molecule has 138 valence electrons. The standard InChI is InChI=1S/C16H26N2O5.CH4/c1-5-22-13(19)7-6-12(10-11-8-9-17-14(11)20)18-15(21)23-16(2,3)4;/h6-7,11-12H,5,8-10H2,1-4H3,(H,17,20)(H,18,21);1H4/b7-6+;/t11-,12+;/m0./s1. The first-order valence-corrected chi connectivity index (χ1v) is 7.83. The van der Waals surface area contributed by atoms with E-state index in [1.807, 2.05) is 0 Å². The van der Waals surface area contributed by atoms with Gasteiger partial charge in [0.2, 0.25) is 5.91 Å². The Balaban J connectivity index is 0.00000529. The van der Waals surface area contributed by atoms with Crippen LogP contribution in [0.15, 0.2) is 12.2 Å². The van der Waals surface area contributed by atoms with Gasteiger partial charge in [-0.25, -0.2) is 9.59 Å². The van der Waals surface area contributed by atoms with Crippen molar-refractivity contribution in [2.75, 3.05) is 13.2 Å². The number of esters is 1. The second-order valence-corrected chi connectivity index (χ2v) is 6.38. The summed E-state index contributed by atoms with van der Waals surface area (Å²) in [5.74, 6) is -0.716. The number of alkyl carbamates (subject to hydrolysis) is 1. The lowest BCUT2D eigenvalue weighted by molar-refractivity contribution is -0.137. The van der Waals surface area contributed by atoms with Crippen LogP contribution in [0, 0.1) is 5.92 Å². The predicted octanol–water partition coefficient (Wildman–Crippen LogP) is 2.16. The minimum atomic E-state index is -0.621. The molecule has 0 aromatic rings. The van der Waals surface area contributed by atoms with Crippen LogP contribution in [0.5, 0.6) is 0 Å². The van der Waals surface area contributed by atoms with Crippen molar-refractivity contribution in [2.24, 2.45) is 5.92 Å². The lowest BCUT2D eigenvalue weighted by Crippen LogP contribution is -2.40. The summed E-state index contributed by atoms with van der Waals surface area (Å²) in [5, 5.41) is 5.44. The summed E-state index contributed by atoms with van der Waals surface area (Å²) in [6.45, 7) is 7.91. The Bertz CT molecular complexity index is 468. The van der Waals surface area contributed by atoms with Crippen molar-refractivity contribution in [1.82, 2.24) is 10.6 Å². The lowest BCUT2D eigenvalue weighted by Gasteiger charge is -2.23. The molecular formula is C17H30N2O5. The van der Waals surface area contributed by atoms with Gasteiger partial charge in [-0.15, -0.1) is 0 Å². The molecule has 1 rings (SSSR count). The largest absolute Gasteiger partial charge is 0.463 e. The molecule has 2 atom stereocenters. The van der Waals surface area contributed by atoms with Crippen LogP contribution in [0.4, 0.5) is 4.79 Å². The molecule has 0 saturated carbocycles. The third-order valence-electron chi connectivity index (χ3n) is 3.15. The Hall–Kier alpha value is -2.05. The molecule has 0 radical (unpaired) electrons. The molecule has 0 aromatic carbocycles. The average Bonchev–Trinajstić information content (AvgIpc) is 2.79. The number of ether oxygens (including phenoxy) is 2. The smallest absolute Gasteiger partial charge is 0.408 e. The van der Waals surface area contributed by atoms with Gasteiger partial charge in [-0.1, -0.05) is 13.5 Å². The van der Waals surface area contributed by atoms with Crippen molar-refractivity contribution in [2.45, 2.75) is 59.6 Å². The minimum Gasteiger partial charge on any atom is -0.463 e. The highest BCUT2D eigenvalue weighted by Crippen LogP contribution is 2.17. The Kier molecular flexibility index (Phi) is 9.10. The molecule has 1 saturated heterocycles. The van der Waals surface area contributed by atoms with Gasteiger partial charge in [0.05, 0.1) is 12.6 Å². The van der Waals surface area contributed by atoms with Crippen molar-refractivity contribution in [3.8, 4) is 0 Å². The fourth-order valence-electron chi connectivity index (χ4n) is 2.21. The van der Waals surface area contributed by atoms with Gasteiger partial charge in [-0.05, 0) is 40.5 Å². The molecule has 2 amide bonds. The zero-order valence-electron chi connectivity index (χ0n) is 14.2. The Morgan fingerprint density at radius 2 is 2.08 bits per heavy atom. The quantitative estimate of drug-likeness (QED) is 0.570. The zero-order chi connectivity index (χ0) is 17.5. The van der Waals surface area contributed by atoms with E-state index in [0.29, 0.717) is 19.4 Å². The molecule has 7 nitrogen and oxygen atoms in total. The molecule has 0 bridgehead atoms. The van der Waals surface area contributed by atoms with Gasteiger partial charge < -0.3 is 20.1 Å². The van der Waals surface area contributed by atoms with Gasteiger partial charge in [-0.3, -0.25) is 4.79 Å². The van der Waals surface area contributed by atoms with E-state index in [9.17, 15) is 14.4 Å². The molecule has 1 aliphatic rings. The summed E-state index contributed by atoms with van der Waals surface area (Å²) in [6.07, 6.45) is 3.32. The van der Waals surface area contributed by atoms with Gasteiger partial charge in [-0.2, -0.15) is 0 Å². The molecule has 1 aliphatic heterocycles. The Morgan fingerprint density at radius 3 is 2.58 bits per heavy atom. The summed E-state index contributed by atoms with van der Waals surface area (Å²) in [5.41, 5.74) is -0.621. The van der Waals surface area contributed by atoms with Crippen LogP contribution < -0.4 is 10.6 Å². The van der Waals surface area contributed by atoms with E-state index in [0.717, 1.165) is 0 Å². The number of amides is 2. The van der Waals surface area contributed by atoms with Crippen LogP contribution in [0.3, 0.4) is 0 Å². The van der Waals surface area contributed by atoms with Gasteiger partial charge >= 0.3 is 12.1 Å². The fraction of sp³-hybridized carbons (Fsp3) is 0.706. The topological polar surface area (TPSA) is 93.7 Å². The second-order valence-electron chi connectivity index (χ2n) is 6.38. The molecule has 7 heteroatoms. The highest BCUT2D eigenvalue weighted by Gasteiger charge is 2.28. The highest BCUT2D eigenvalue weighted by molar-refractivity contribution is 5.82. The van der Waals surface area contributed by atoms with Gasteiger partial charge in [0.1, 0.15) is 5.60 Å². The van der Waals surface area contributed by atoms with E-state index < -0.39 is 23.7 Å². The molecule has 2 N–H and O–H groups in total. The minimum absolute atomic E-state index is 0. The molecule has 0 aliphatic carbocycles. The zero-order valence-corrected chi connectivity index (χ0v) is 14.2. The van der Waals surface area contributed by atoms with Crippen molar-refractivity contribution in [3.63, 3.8) is 0 Å². The number of carbonyl (C=O) groups is 3. The SMILES string of the molecule is C.CCOC(=O)/C=C/[C@H](C[C@@H]1CCNC1=O)NC(=O)OC(C)(C)C. The van der Waals surface area contributed by atoms with Crippen LogP contribution in [0.2, 0.25) is 0 Å². The van der Waals surface area contributed by atoms with Crippen molar-refractivity contribution in [1.29, 1.82) is 0 Å². The maximum absolute atomic E-state index is 11.9.